The van der Waals surface area contributed by atoms with Crippen molar-refractivity contribution in [3.8, 4) is 0 Å². The number of nitrogens with zero attached hydrogens (tertiary/aromatic N) is 1. The van der Waals surface area contributed by atoms with Gasteiger partial charge in [-0.3, -0.25) is 4.79 Å². The number of carbonyl (C=O) groups is 1. The zero-order valence-corrected chi connectivity index (χ0v) is 16.8. The van der Waals surface area contributed by atoms with E-state index < -0.39 is 0 Å². The van der Waals surface area contributed by atoms with Gasteiger partial charge in [0.05, 0.1) is 5.92 Å². The van der Waals surface area contributed by atoms with Crippen molar-refractivity contribution in [2.75, 3.05) is 18.0 Å². The number of amides is 1. The lowest BCUT2D eigenvalue weighted by Crippen LogP contribution is -2.54. The minimum absolute atomic E-state index is 0. The molecule has 0 radical (unpaired) electrons. The highest BCUT2D eigenvalue weighted by Crippen LogP contribution is 2.32. The fourth-order valence-electron chi connectivity index (χ4n) is 4.09. The molecule has 0 saturated heterocycles. The summed E-state index contributed by atoms with van der Waals surface area (Å²) in [7, 11) is 0. The maximum absolute atomic E-state index is 12.6. The van der Waals surface area contributed by atoms with Gasteiger partial charge in [-0.1, -0.05) is 31.0 Å². The molecule has 1 heterocycles. The molecule has 3 N–H and O–H groups in total. The summed E-state index contributed by atoms with van der Waals surface area (Å²) >= 11 is 0. The summed E-state index contributed by atoms with van der Waals surface area (Å²) in [6.07, 6.45) is 5.20. The number of anilines is 1. The van der Waals surface area contributed by atoms with Crippen molar-refractivity contribution in [3.05, 3.63) is 29.8 Å². The van der Waals surface area contributed by atoms with Crippen LogP contribution in [0, 0.1) is 5.92 Å². The molecule has 0 spiro atoms. The second-order valence-electron chi connectivity index (χ2n) is 7.47. The van der Waals surface area contributed by atoms with E-state index in [1.54, 1.807) is 0 Å². The molecule has 1 amide bonds. The van der Waals surface area contributed by atoms with E-state index >= 15 is 0 Å². The molecule has 4 nitrogen and oxygen atoms in total. The summed E-state index contributed by atoms with van der Waals surface area (Å²) in [5.41, 5.74) is 8.71. The minimum atomic E-state index is -0.355. The minimum Gasteiger partial charge on any atom is -0.366 e. The number of hydrogen-bond acceptors (Lipinski definition) is 3. The number of nitrogens with one attached hydrogen (secondary N) is 1. The Morgan fingerprint density at radius 1 is 1.36 bits per heavy atom. The fraction of sp³-hybridized carbons (Fsp3) is 0.632. The molecule has 1 aromatic carbocycles. The van der Waals surface area contributed by atoms with Gasteiger partial charge in [0, 0.05) is 30.4 Å². The maximum atomic E-state index is 12.6. The first kappa shape index (κ1) is 22.1. The predicted molar refractivity (Wildman–Crippen MR) is 109 cm³/mol. The number of hydrogen-bond donors (Lipinski definition) is 2. The van der Waals surface area contributed by atoms with Crippen molar-refractivity contribution in [3.63, 3.8) is 0 Å². The van der Waals surface area contributed by atoms with Gasteiger partial charge in [-0.25, -0.2) is 0 Å². The van der Waals surface area contributed by atoms with Crippen molar-refractivity contribution in [2.24, 2.45) is 11.7 Å². The largest absolute Gasteiger partial charge is 0.366 e. The molecule has 1 saturated carbocycles. The van der Waals surface area contributed by atoms with Crippen LogP contribution in [0.15, 0.2) is 24.3 Å². The molecule has 3 atom stereocenters. The highest BCUT2D eigenvalue weighted by Gasteiger charge is 2.37. The van der Waals surface area contributed by atoms with Crippen LogP contribution in [0.3, 0.4) is 0 Å². The second kappa shape index (κ2) is 9.11. The number of halogens is 2. The Labute approximate surface area is 163 Å². The molecule has 2 aliphatic rings. The van der Waals surface area contributed by atoms with E-state index in [4.69, 9.17) is 5.73 Å². The third-order valence-corrected chi connectivity index (χ3v) is 5.60. The highest BCUT2D eigenvalue weighted by molar-refractivity contribution is 5.85. The molecule has 1 aliphatic heterocycles. The lowest BCUT2D eigenvalue weighted by atomic mass is 9.74. The van der Waals surface area contributed by atoms with Gasteiger partial charge in [-0.15, -0.1) is 24.8 Å². The first-order valence-corrected chi connectivity index (χ1v) is 8.90. The molecule has 0 bridgehead atoms. The van der Waals surface area contributed by atoms with Crippen LogP contribution >= 0.6 is 24.8 Å². The van der Waals surface area contributed by atoms with E-state index in [-0.39, 0.29) is 42.2 Å². The van der Waals surface area contributed by atoms with Crippen LogP contribution in [-0.2, 0) is 11.2 Å². The number of nitrogens with two attached hydrogens (primary N) is 1. The van der Waals surface area contributed by atoms with E-state index in [1.165, 1.54) is 11.3 Å². The van der Waals surface area contributed by atoms with Gasteiger partial charge in [-0.2, -0.15) is 0 Å². The van der Waals surface area contributed by atoms with Gasteiger partial charge < -0.3 is 16.0 Å². The normalized spacial score (nSPS) is 26.0. The first-order valence-electron chi connectivity index (χ1n) is 8.90. The Balaban J connectivity index is 0.00000156. The Hall–Kier alpha value is -0.970. The molecule has 25 heavy (non-hydrogen) atoms. The highest BCUT2D eigenvalue weighted by atomic mass is 35.5. The van der Waals surface area contributed by atoms with Crippen LogP contribution in [0.1, 0.15) is 45.1 Å². The van der Waals surface area contributed by atoms with Gasteiger partial charge in [-0.05, 0) is 44.7 Å². The standard InChI is InChI=1S/C19H29N3O.2ClH/c1-14(22-12-10-15-7-3-4-9-17(15)22)13-21-18(23)16-8-5-6-11-19(16,2)20;;/h3-4,7,9,14,16H,5-6,8,10-13,20H2,1-2H3,(H,21,23);2*1H. The van der Waals surface area contributed by atoms with Crippen molar-refractivity contribution in [1.82, 2.24) is 5.32 Å². The molecular formula is C19H31Cl2N3O. The topological polar surface area (TPSA) is 58.4 Å². The van der Waals surface area contributed by atoms with E-state index in [9.17, 15) is 4.79 Å². The van der Waals surface area contributed by atoms with Crippen molar-refractivity contribution in [2.45, 2.75) is 57.5 Å². The third kappa shape index (κ3) is 4.81. The molecule has 1 aliphatic carbocycles. The fourth-order valence-corrected chi connectivity index (χ4v) is 4.09. The zero-order valence-electron chi connectivity index (χ0n) is 15.2. The monoisotopic (exact) mass is 387 g/mol. The number of fused-ring (bicyclic) bond motifs is 1. The predicted octanol–water partition coefficient (Wildman–Crippen LogP) is 3.31. The van der Waals surface area contributed by atoms with E-state index in [0.29, 0.717) is 12.6 Å². The summed E-state index contributed by atoms with van der Waals surface area (Å²) in [5, 5.41) is 3.15. The Morgan fingerprint density at radius 2 is 2.08 bits per heavy atom. The molecule has 3 rings (SSSR count). The van der Waals surface area contributed by atoms with Crippen LogP contribution in [-0.4, -0.2) is 30.6 Å². The quantitative estimate of drug-likeness (QED) is 0.832. The van der Waals surface area contributed by atoms with Crippen molar-refractivity contribution in [1.29, 1.82) is 0 Å². The van der Waals surface area contributed by atoms with Crippen molar-refractivity contribution >= 4 is 36.4 Å². The molecule has 0 aromatic heterocycles. The average molecular weight is 388 g/mol. The number of carbonyl (C=O) groups excluding carboxylic acids is 1. The van der Waals surface area contributed by atoms with Gasteiger partial charge >= 0.3 is 0 Å². The lowest BCUT2D eigenvalue weighted by Gasteiger charge is -2.37. The molecule has 6 heteroatoms. The molecule has 1 fully saturated rings. The van der Waals surface area contributed by atoms with Crippen LogP contribution < -0.4 is 16.0 Å². The zero-order chi connectivity index (χ0) is 16.4. The van der Waals surface area contributed by atoms with Gasteiger partial charge in [0.15, 0.2) is 0 Å². The Bertz CT molecular complexity index is 580. The smallest absolute Gasteiger partial charge is 0.225 e. The van der Waals surface area contributed by atoms with Gasteiger partial charge in [0.25, 0.3) is 0 Å². The van der Waals surface area contributed by atoms with Crippen LogP contribution in [0.2, 0.25) is 0 Å². The third-order valence-electron chi connectivity index (χ3n) is 5.60. The summed E-state index contributed by atoms with van der Waals surface area (Å²) in [5.74, 6) is 0.0864. The Morgan fingerprint density at radius 3 is 2.80 bits per heavy atom. The summed E-state index contributed by atoms with van der Waals surface area (Å²) in [6.45, 7) is 5.93. The summed E-state index contributed by atoms with van der Waals surface area (Å²) < 4.78 is 0. The maximum Gasteiger partial charge on any atom is 0.225 e. The lowest BCUT2D eigenvalue weighted by molar-refractivity contribution is -0.128. The summed E-state index contributed by atoms with van der Waals surface area (Å²) in [6, 6.07) is 8.86. The van der Waals surface area contributed by atoms with E-state index in [0.717, 1.165) is 38.6 Å². The van der Waals surface area contributed by atoms with E-state index in [1.807, 2.05) is 6.92 Å². The van der Waals surface area contributed by atoms with Crippen LogP contribution in [0.5, 0.6) is 0 Å². The molecular weight excluding hydrogens is 357 g/mol. The average Bonchev–Trinajstić information content (AvgIpc) is 2.96. The number of rotatable bonds is 4. The van der Waals surface area contributed by atoms with Gasteiger partial charge in [0.2, 0.25) is 5.91 Å². The van der Waals surface area contributed by atoms with Crippen LogP contribution in [0.4, 0.5) is 5.69 Å². The number of benzene rings is 1. The van der Waals surface area contributed by atoms with Crippen LogP contribution in [0.25, 0.3) is 0 Å². The van der Waals surface area contributed by atoms with Gasteiger partial charge in [0.1, 0.15) is 0 Å². The Kier molecular flexibility index (Phi) is 8.04. The molecule has 3 unspecified atom stereocenters. The van der Waals surface area contributed by atoms with E-state index in [2.05, 4.69) is 41.4 Å². The van der Waals surface area contributed by atoms with Crippen molar-refractivity contribution < 1.29 is 4.79 Å². The summed E-state index contributed by atoms with van der Waals surface area (Å²) in [4.78, 5) is 15.0. The second-order valence-corrected chi connectivity index (χ2v) is 7.47. The first-order chi connectivity index (χ1) is 11.0. The molecule has 142 valence electrons. The molecule has 1 aromatic rings. The number of para-hydroxylation sites is 1. The SMILES string of the molecule is CC(CNC(=O)C1CCCCC1(C)N)N1CCc2ccccc21.Cl.Cl.